The van der Waals surface area contributed by atoms with Gasteiger partial charge in [-0.2, -0.15) is 0 Å². The van der Waals surface area contributed by atoms with Crippen LogP contribution in [0.3, 0.4) is 0 Å². The van der Waals surface area contributed by atoms with Crippen LogP contribution in [0.25, 0.3) is 0 Å². The summed E-state index contributed by atoms with van der Waals surface area (Å²) in [6, 6.07) is 4.14. The second kappa shape index (κ2) is 7.25. The fraction of sp³-hybridized carbons (Fsp3) is 0.652. The Morgan fingerprint density at radius 2 is 1.81 bits per heavy atom. The molecule has 1 aromatic rings. The highest BCUT2D eigenvalue weighted by molar-refractivity contribution is 7.89. The third-order valence-electron chi connectivity index (χ3n) is 8.46. The first kappa shape index (κ1) is 21.8. The monoisotopic (exact) mass is 463 g/mol. The number of amides is 2. The number of aryl methyl sites for hydroxylation is 1. The number of rotatable bonds is 7. The van der Waals surface area contributed by atoms with Gasteiger partial charge in [0.25, 0.3) is 0 Å². The van der Waals surface area contributed by atoms with Gasteiger partial charge >= 0.3 is 0 Å². The lowest BCUT2D eigenvalue weighted by Gasteiger charge is -2.59. The summed E-state index contributed by atoms with van der Waals surface area (Å²) in [6.45, 7) is 1.49. The van der Waals surface area contributed by atoms with Gasteiger partial charge in [-0.15, -0.1) is 0 Å². The van der Waals surface area contributed by atoms with E-state index in [0.717, 1.165) is 38.2 Å². The summed E-state index contributed by atoms with van der Waals surface area (Å²) in [5.41, 5.74) is 4.87. The van der Waals surface area contributed by atoms with Crippen molar-refractivity contribution >= 4 is 21.8 Å². The number of hydrogen-bond donors (Lipinski definition) is 3. The molecule has 0 aromatic heterocycles. The maximum absolute atomic E-state index is 14.2. The van der Waals surface area contributed by atoms with Crippen molar-refractivity contribution in [1.82, 2.24) is 10.0 Å². The summed E-state index contributed by atoms with van der Waals surface area (Å²) >= 11 is 0. The van der Waals surface area contributed by atoms with E-state index in [1.165, 1.54) is 6.07 Å². The molecule has 0 heterocycles. The zero-order valence-corrected chi connectivity index (χ0v) is 19.0. The highest BCUT2D eigenvalue weighted by Gasteiger charge is 2.59. The van der Waals surface area contributed by atoms with Crippen LogP contribution >= 0.6 is 0 Å². The Morgan fingerprint density at radius 1 is 1.16 bits per heavy atom. The number of sulfonamides is 1. The van der Waals surface area contributed by atoms with Crippen LogP contribution in [0.2, 0.25) is 0 Å². The molecule has 174 valence electrons. The van der Waals surface area contributed by atoms with Crippen molar-refractivity contribution in [2.24, 2.45) is 34.3 Å². The quantitative estimate of drug-likeness (QED) is 0.573. The van der Waals surface area contributed by atoms with Gasteiger partial charge in [0.15, 0.2) is 0 Å². The third-order valence-corrected chi connectivity index (χ3v) is 10.0. The highest BCUT2D eigenvalue weighted by Crippen LogP contribution is 2.60. The van der Waals surface area contributed by atoms with E-state index in [2.05, 4.69) is 10.0 Å². The average molecular weight is 464 g/mol. The number of nitrogens with two attached hydrogens (primary N) is 1. The van der Waals surface area contributed by atoms with Crippen LogP contribution in [-0.4, -0.2) is 32.8 Å². The van der Waals surface area contributed by atoms with Gasteiger partial charge in [-0.05, 0) is 81.3 Å². The van der Waals surface area contributed by atoms with E-state index in [9.17, 15) is 22.4 Å². The maximum atomic E-state index is 14.2. The molecule has 5 fully saturated rings. The molecule has 2 amide bonds. The first-order valence-corrected chi connectivity index (χ1v) is 12.9. The van der Waals surface area contributed by atoms with Crippen molar-refractivity contribution in [2.45, 2.75) is 62.8 Å². The Balaban J connectivity index is 1.26. The zero-order chi connectivity index (χ0) is 22.9. The van der Waals surface area contributed by atoms with Gasteiger partial charge in [0.1, 0.15) is 10.7 Å². The number of nitrogens with one attached hydrogen (secondary N) is 2. The van der Waals surface area contributed by atoms with E-state index >= 15 is 0 Å². The van der Waals surface area contributed by atoms with Crippen LogP contribution in [0.15, 0.2) is 23.1 Å². The van der Waals surface area contributed by atoms with Crippen molar-refractivity contribution in [3.05, 3.63) is 29.6 Å². The van der Waals surface area contributed by atoms with Crippen LogP contribution in [0.1, 0.15) is 50.5 Å². The second-order valence-electron chi connectivity index (χ2n) is 10.6. The largest absolute Gasteiger partial charge is 0.369 e. The molecule has 0 aliphatic heterocycles. The predicted molar refractivity (Wildman–Crippen MR) is 115 cm³/mol. The molecule has 32 heavy (non-hydrogen) atoms. The number of carbonyl (C=O) groups is 2. The molecular formula is C23H30FN3O4S. The van der Waals surface area contributed by atoms with Crippen LogP contribution in [0, 0.1) is 41.3 Å². The van der Waals surface area contributed by atoms with E-state index in [4.69, 9.17) is 5.73 Å². The van der Waals surface area contributed by atoms with E-state index in [-0.39, 0.29) is 41.1 Å². The van der Waals surface area contributed by atoms with Gasteiger partial charge in [0.2, 0.25) is 21.8 Å². The fourth-order valence-corrected chi connectivity index (χ4v) is 8.19. The minimum atomic E-state index is -4.07. The lowest BCUT2D eigenvalue weighted by molar-refractivity contribution is -0.148. The second-order valence-corrected chi connectivity index (χ2v) is 12.3. The van der Waals surface area contributed by atoms with Gasteiger partial charge in [-0.25, -0.2) is 17.5 Å². The van der Waals surface area contributed by atoms with Crippen molar-refractivity contribution in [1.29, 1.82) is 0 Å². The number of primary amides is 1. The number of hydrogen-bond acceptors (Lipinski definition) is 4. The molecule has 4 N–H and O–H groups in total. The van der Waals surface area contributed by atoms with Gasteiger partial charge in [-0.1, -0.05) is 12.1 Å². The molecule has 9 heteroatoms. The first-order chi connectivity index (χ1) is 15.1. The molecule has 5 aliphatic carbocycles. The van der Waals surface area contributed by atoms with Gasteiger partial charge in [-0.3, -0.25) is 9.59 Å². The standard InChI is InChI=1S/C23H30FN3O4S/c1-13-3-2-4-17(24)19(13)32(30,31)26-12-22(5-6-22)21(29)27-18-15-7-14-8-16(18)11-23(9-14,10-15)20(25)28/h2-4,14-16,18,26H,5-12H2,1H3,(H2,25,28)(H,27,29). The fourth-order valence-electron chi connectivity index (χ4n) is 6.76. The van der Waals surface area contributed by atoms with Crippen molar-refractivity contribution in [3.8, 4) is 0 Å². The average Bonchev–Trinajstić information content (AvgIpc) is 3.50. The van der Waals surface area contributed by atoms with Crippen LogP contribution in [-0.2, 0) is 19.6 Å². The summed E-state index contributed by atoms with van der Waals surface area (Å²) in [5, 5.41) is 3.22. The lowest BCUT2D eigenvalue weighted by Crippen LogP contribution is -2.62. The zero-order valence-electron chi connectivity index (χ0n) is 18.2. The van der Waals surface area contributed by atoms with Crippen molar-refractivity contribution < 1.29 is 22.4 Å². The van der Waals surface area contributed by atoms with Crippen LogP contribution in [0.5, 0.6) is 0 Å². The Bertz CT molecular complexity index is 1050. The molecule has 5 aliphatic rings. The highest BCUT2D eigenvalue weighted by atomic mass is 32.2. The summed E-state index contributed by atoms with van der Waals surface area (Å²) in [5.74, 6) is -0.172. The van der Waals surface area contributed by atoms with E-state index in [0.29, 0.717) is 24.3 Å². The smallest absolute Gasteiger partial charge is 0.243 e. The SMILES string of the molecule is Cc1cccc(F)c1S(=O)(=O)NCC1(C(=O)NC2C3CC4CC2CC(C(N)=O)(C4)C3)CC1. The maximum Gasteiger partial charge on any atom is 0.243 e. The normalized spacial score (nSPS) is 34.3. The molecule has 0 spiro atoms. The van der Waals surface area contributed by atoms with Gasteiger partial charge < -0.3 is 11.1 Å². The number of carbonyl (C=O) groups excluding carboxylic acids is 2. The summed E-state index contributed by atoms with van der Waals surface area (Å²) < 4.78 is 42.1. The summed E-state index contributed by atoms with van der Waals surface area (Å²) in [7, 11) is -4.07. The minimum Gasteiger partial charge on any atom is -0.369 e. The summed E-state index contributed by atoms with van der Waals surface area (Å²) in [4.78, 5) is 25.0. The van der Waals surface area contributed by atoms with E-state index in [1.54, 1.807) is 13.0 Å². The Hall–Kier alpha value is -2.00. The molecule has 4 bridgehead atoms. The molecule has 2 atom stereocenters. The van der Waals surface area contributed by atoms with Crippen LogP contribution < -0.4 is 15.8 Å². The molecule has 7 nitrogen and oxygen atoms in total. The molecule has 0 radical (unpaired) electrons. The van der Waals surface area contributed by atoms with Gasteiger partial charge in [0, 0.05) is 18.0 Å². The number of benzene rings is 1. The molecule has 0 saturated heterocycles. The molecule has 2 unspecified atom stereocenters. The third kappa shape index (κ3) is 3.44. The van der Waals surface area contributed by atoms with E-state index in [1.807, 2.05) is 0 Å². The topological polar surface area (TPSA) is 118 Å². The summed E-state index contributed by atoms with van der Waals surface area (Å²) in [6.07, 6.45) is 5.52. The van der Waals surface area contributed by atoms with Crippen molar-refractivity contribution in [2.75, 3.05) is 6.54 Å². The number of halogens is 1. The molecule has 6 rings (SSSR count). The molecule has 5 saturated carbocycles. The van der Waals surface area contributed by atoms with E-state index < -0.39 is 26.7 Å². The van der Waals surface area contributed by atoms with Crippen molar-refractivity contribution in [3.63, 3.8) is 0 Å². The molecular weight excluding hydrogens is 433 g/mol. The van der Waals surface area contributed by atoms with Gasteiger partial charge in [0.05, 0.1) is 5.41 Å². The Labute approximate surface area is 187 Å². The lowest BCUT2D eigenvalue weighted by atomic mass is 9.47. The Morgan fingerprint density at radius 3 is 2.38 bits per heavy atom. The minimum absolute atomic E-state index is 0.00872. The molecule has 1 aromatic carbocycles. The van der Waals surface area contributed by atoms with Crippen LogP contribution in [0.4, 0.5) is 4.39 Å². The Kier molecular flexibility index (Phi) is 4.94. The first-order valence-electron chi connectivity index (χ1n) is 11.4. The predicted octanol–water partition coefficient (Wildman–Crippen LogP) is 1.99.